The highest BCUT2D eigenvalue weighted by atomic mass is 16.6. The van der Waals surface area contributed by atoms with E-state index in [1.807, 2.05) is 45.0 Å². The molecule has 110 valence electrons. The summed E-state index contributed by atoms with van der Waals surface area (Å²) in [5, 5.41) is 0. The van der Waals surface area contributed by atoms with E-state index in [9.17, 15) is 4.79 Å². The maximum Gasteiger partial charge on any atom is 0.414 e. The molecule has 0 N–H and O–H groups in total. The van der Waals surface area contributed by atoms with Crippen molar-refractivity contribution in [3.63, 3.8) is 0 Å². The van der Waals surface area contributed by atoms with Crippen molar-refractivity contribution < 1.29 is 14.3 Å². The Bertz CT molecular complexity index is 446. The normalized spacial score (nSPS) is 10.8. The molecule has 0 saturated heterocycles. The van der Waals surface area contributed by atoms with Gasteiger partial charge in [-0.15, -0.1) is 6.58 Å². The molecule has 4 nitrogen and oxygen atoms in total. The van der Waals surface area contributed by atoms with Crippen LogP contribution in [0.5, 0.6) is 5.75 Å². The SMILES string of the molecule is C=CCCN(C(=O)OC(C)(C)C)c1ccc(OC)cc1. The van der Waals surface area contributed by atoms with Gasteiger partial charge in [0.15, 0.2) is 0 Å². The molecule has 1 aromatic carbocycles. The lowest BCUT2D eigenvalue weighted by Gasteiger charge is -2.27. The fourth-order valence-corrected chi connectivity index (χ4v) is 1.63. The largest absolute Gasteiger partial charge is 0.497 e. The van der Waals surface area contributed by atoms with Gasteiger partial charge in [0.1, 0.15) is 11.4 Å². The number of hydrogen-bond donors (Lipinski definition) is 0. The molecule has 1 rings (SSSR count). The fourth-order valence-electron chi connectivity index (χ4n) is 1.63. The lowest BCUT2D eigenvalue weighted by atomic mass is 10.2. The molecule has 4 heteroatoms. The number of hydrogen-bond acceptors (Lipinski definition) is 3. The number of benzene rings is 1. The lowest BCUT2D eigenvalue weighted by Crippen LogP contribution is -2.37. The standard InChI is InChI=1S/C16H23NO3/c1-6-7-12-17(15(18)20-16(2,3)4)13-8-10-14(19-5)11-9-13/h6,8-11H,1,7,12H2,2-5H3. The molecule has 0 aromatic heterocycles. The molecule has 0 unspecified atom stereocenters. The van der Waals surface area contributed by atoms with E-state index >= 15 is 0 Å². The Morgan fingerprint density at radius 1 is 1.30 bits per heavy atom. The minimum atomic E-state index is -0.518. The van der Waals surface area contributed by atoms with Crippen LogP contribution < -0.4 is 9.64 Å². The molecule has 0 aliphatic heterocycles. The zero-order valence-corrected chi connectivity index (χ0v) is 12.7. The molecule has 20 heavy (non-hydrogen) atoms. The summed E-state index contributed by atoms with van der Waals surface area (Å²) in [6.45, 7) is 9.78. The smallest absolute Gasteiger partial charge is 0.414 e. The second-order valence-electron chi connectivity index (χ2n) is 5.41. The summed E-state index contributed by atoms with van der Waals surface area (Å²) in [4.78, 5) is 13.9. The van der Waals surface area contributed by atoms with E-state index in [2.05, 4.69) is 6.58 Å². The summed E-state index contributed by atoms with van der Waals surface area (Å²) < 4.78 is 10.5. The molecule has 0 radical (unpaired) electrons. The minimum absolute atomic E-state index is 0.357. The van der Waals surface area contributed by atoms with Crippen LogP contribution in [0.3, 0.4) is 0 Å². The van der Waals surface area contributed by atoms with Gasteiger partial charge in [-0.1, -0.05) is 6.08 Å². The molecule has 0 aliphatic carbocycles. The van der Waals surface area contributed by atoms with Crippen molar-refractivity contribution in [2.24, 2.45) is 0 Å². The monoisotopic (exact) mass is 277 g/mol. The maximum atomic E-state index is 12.3. The molecule has 0 saturated carbocycles. The number of amides is 1. The molecule has 0 spiro atoms. The van der Waals surface area contributed by atoms with Crippen LogP contribution in [0.15, 0.2) is 36.9 Å². The van der Waals surface area contributed by atoms with Gasteiger partial charge in [0.2, 0.25) is 0 Å². The highest BCUT2D eigenvalue weighted by molar-refractivity contribution is 5.87. The van der Waals surface area contributed by atoms with Crippen LogP contribution in [-0.4, -0.2) is 25.3 Å². The van der Waals surface area contributed by atoms with Crippen LogP contribution in [0.4, 0.5) is 10.5 Å². The van der Waals surface area contributed by atoms with E-state index in [1.165, 1.54) is 0 Å². The van der Waals surface area contributed by atoms with Gasteiger partial charge in [0.05, 0.1) is 7.11 Å². The van der Waals surface area contributed by atoms with Crippen molar-refractivity contribution >= 4 is 11.8 Å². The number of methoxy groups -OCH3 is 1. The number of rotatable bonds is 5. The van der Waals surface area contributed by atoms with Crippen LogP contribution in [-0.2, 0) is 4.74 Å². The van der Waals surface area contributed by atoms with Gasteiger partial charge in [-0.3, -0.25) is 4.90 Å². The van der Waals surface area contributed by atoms with Crippen molar-refractivity contribution in [3.05, 3.63) is 36.9 Å². The van der Waals surface area contributed by atoms with Crippen molar-refractivity contribution in [2.45, 2.75) is 32.8 Å². The summed E-state index contributed by atoms with van der Waals surface area (Å²) in [5.41, 5.74) is 0.262. The highest BCUT2D eigenvalue weighted by Crippen LogP contribution is 2.22. The summed E-state index contributed by atoms with van der Waals surface area (Å²) >= 11 is 0. The van der Waals surface area contributed by atoms with Crippen LogP contribution >= 0.6 is 0 Å². The fraction of sp³-hybridized carbons (Fsp3) is 0.438. The van der Waals surface area contributed by atoms with E-state index < -0.39 is 5.60 Å². The van der Waals surface area contributed by atoms with E-state index in [0.29, 0.717) is 13.0 Å². The Labute approximate surface area is 121 Å². The van der Waals surface area contributed by atoms with Crippen LogP contribution in [0.1, 0.15) is 27.2 Å². The van der Waals surface area contributed by atoms with E-state index in [4.69, 9.17) is 9.47 Å². The number of nitrogens with zero attached hydrogens (tertiary/aromatic N) is 1. The Morgan fingerprint density at radius 2 is 1.90 bits per heavy atom. The predicted molar refractivity (Wildman–Crippen MR) is 81.4 cm³/mol. The quantitative estimate of drug-likeness (QED) is 0.763. The zero-order valence-electron chi connectivity index (χ0n) is 12.7. The molecule has 0 atom stereocenters. The lowest BCUT2D eigenvalue weighted by molar-refractivity contribution is 0.0581. The summed E-state index contributed by atoms with van der Waals surface area (Å²) in [5.74, 6) is 0.751. The van der Waals surface area contributed by atoms with E-state index in [1.54, 1.807) is 18.1 Å². The number of anilines is 1. The second kappa shape index (κ2) is 6.98. The van der Waals surface area contributed by atoms with E-state index in [0.717, 1.165) is 11.4 Å². The van der Waals surface area contributed by atoms with Gasteiger partial charge in [-0.05, 0) is 51.5 Å². The highest BCUT2D eigenvalue weighted by Gasteiger charge is 2.22. The number of ether oxygens (including phenoxy) is 2. The topological polar surface area (TPSA) is 38.8 Å². The molecular formula is C16H23NO3. The first-order valence-electron chi connectivity index (χ1n) is 6.63. The first-order chi connectivity index (χ1) is 9.37. The van der Waals surface area contributed by atoms with Crippen molar-refractivity contribution in [3.8, 4) is 5.75 Å². The van der Waals surface area contributed by atoms with Gasteiger partial charge >= 0.3 is 6.09 Å². The van der Waals surface area contributed by atoms with Crippen LogP contribution in [0.25, 0.3) is 0 Å². The van der Waals surface area contributed by atoms with Gasteiger partial charge in [-0.2, -0.15) is 0 Å². The third kappa shape index (κ3) is 4.96. The molecule has 1 aromatic rings. The molecule has 0 bridgehead atoms. The maximum absolute atomic E-state index is 12.3. The predicted octanol–water partition coefficient (Wildman–Crippen LogP) is 4.01. The first-order valence-corrected chi connectivity index (χ1v) is 6.63. The molecule has 1 amide bonds. The van der Waals surface area contributed by atoms with Gasteiger partial charge in [0, 0.05) is 12.2 Å². The third-order valence-corrected chi connectivity index (χ3v) is 2.55. The average molecular weight is 277 g/mol. The van der Waals surface area contributed by atoms with Crippen molar-refractivity contribution in [2.75, 3.05) is 18.6 Å². The van der Waals surface area contributed by atoms with Crippen LogP contribution in [0, 0.1) is 0 Å². The summed E-state index contributed by atoms with van der Waals surface area (Å²) in [7, 11) is 1.61. The summed E-state index contributed by atoms with van der Waals surface area (Å²) in [6.07, 6.45) is 2.12. The molecule has 0 fully saturated rings. The second-order valence-corrected chi connectivity index (χ2v) is 5.41. The molecule has 0 heterocycles. The Hall–Kier alpha value is -1.97. The number of carbonyl (C=O) groups is 1. The minimum Gasteiger partial charge on any atom is -0.497 e. The van der Waals surface area contributed by atoms with Gasteiger partial charge in [-0.25, -0.2) is 4.79 Å². The van der Waals surface area contributed by atoms with Gasteiger partial charge < -0.3 is 9.47 Å². The van der Waals surface area contributed by atoms with Crippen molar-refractivity contribution in [1.29, 1.82) is 0 Å². The van der Waals surface area contributed by atoms with Gasteiger partial charge in [0.25, 0.3) is 0 Å². The first kappa shape index (κ1) is 16.1. The van der Waals surface area contributed by atoms with Crippen molar-refractivity contribution in [1.82, 2.24) is 0 Å². The summed E-state index contributed by atoms with van der Waals surface area (Å²) in [6, 6.07) is 7.32. The zero-order chi connectivity index (χ0) is 15.2. The molecule has 0 aliphatic rings. The average Bonchev–Trinajstić information content (AvgIpc) is 2.38. The molecular weight excluding hydrogens is 254 g/mol. The Kier molecular flexibility index (Phi) is 5.62. The Morgan fingerprint density at radius 3 is 2.35 bits per heavy atom. The third-order valence-electron chi connectivity index (χ3n) is 2.55. The van der Waals surface area contributed by atoms with Crippen LogP contribution in [0.2, 0.25) is 0 Å². The van der Waals surface area contributed by atoms with E-state index in [-0.39, 0.29) is 6.09 Å². The number of carbonyl (C=O) groups excluding carboxylic acids is 1. The Balaban J connectivity index is 2.92.